The van der Waals surface area contributed by atoms with Gasteiger partial charge in [0.15, 0.2) is 0 Å². The van der Waals surface area contributed by atoms with Crippen molar-refractivity contribution >= 4 is 17.5 Å². The van der Waals surface area contributed by atoms with Gasteiger partial charge in [0, 0.05) is 27.2 Å². The SMILES string of the molecule is COCCC(Nc1nn(C)cc1[N+](=O)[O-])C(=O)O. The molecule has 0 spiro atoms. The van der Waals surface area contributed by atoms with Gasteiger partial charge in [-0.25, -0.2) is 4.79 Å². The monoisotopic (exact) mass is 258 g/mol. The highest BCUT2D eigenvalue weighted by Gasteiger charge is 2.24. The molecule has 1 rings (SSSR count). The zero-order valence-corrected chi connectivity index (χ0v) is 9.99. The molecule has 0 aromatic carbocycles. The predicted molar refractivity (Wildman–Crippen MR) is 61.4 cm³/mol. The van der Waals surface area contributed by atoms with Gasteiger partial charge in [0.1, 0.15) is 12.2 Å². The van der Waals surface area contributed by atoms with Crippen LogP contribution in [0.3, 0.4) is 0 Å². The minimum atomic E-state index is -1.12. The summed E-state index contributed by atoms with van der Waals surface area (Å²) in [4.78, 5) is 21.1. The first kappa shape index (κ1) is 13.9. The van der Waals surface area contributed by atoms with E-state index in [4.69, 9.17) is 9.84 Å². The molecule has 1 aromatic heterocycles. The van der Waals surface area contributed by atoms with E-state index in [-0.39, 0.29) is 24.5 Å². The second-order valence-corrected chi connectivity index (χ2v) is 3.61. The van der Waals surface area contributed by atoms with Crippen molar-refractivity contribution in [1.29, 1.82) is 0 Å². The lowest BCUT2D eigenvalue weighted by molar-refractivity contribution is -0.384. The molecule has 0 fully saturated rings. The van der Waals surface area contributed by atoms with E-state index in [1.807, 2.05) is 0 Å². The molecular weight excluding hydrogens is 244 g/mol. The highest BCUT2D eigenvalue weighted by atomic mass is 16.6. The summed E-state index contributed by atoms with van der Waals surface area (Å²) < 4.78 is 6.03. The number of nitro groups is 1. The standard InChI is InChI=1S/C9H14N4O5/c1-12-5-7(13(16)17)8(11-12)10-6(9(14)15)3-4-18-2/h5-6H,3-4H2,1-2H3,(H,10,11)(H,14,15). The van der Waals surface area contributed by atoms with Crippen molar-refractivity contribution in [3.8, 4) is 0 Å². The number of carboxylic acid groups (broad SMARTS) is 1. The van der Waals surface area contributed by atoms with Gasteiger partial charge in [-0.1, -0.05) is 0 Å². The third-order valence-electron chi connectivity index (χ3n) is 2.23. The highest BCUT2D eigenvalue weighted by Crippen LogP contribution is 2.22. The molecule has 0 aliphatic rings. The van der Waals surface area contributed by atoms with Crippen LogP contribution in [0.2, 0.25) is 0 Å². The number of aromatic nitrogens is 2. The van der Waals surface area contributed by atoms with E-state index in [2.05, 4.69) is 10.4 Å². The first-order valence-corrected chi connectivity index (χ1v) is 5.12. The smallest absolute Gasteiger partial charge is 0.330 e. The number of ether oxygens (including phenoxy) is 1. The van der Waals surface area contributed by atoms with Gasteiger partial charge < -0.3 is 15.2 Å². The fourth-order valence-electron chi connectivity index (χ4n) is 1.37. The molecule has 0 radical (unpaired) electrons. The molecule has 1 atom stereocenters. The van der Waals surface area contributed by atoms with Crippen LogP contribution in [0.5, 0.6) is 0 Å². The largest absolute Gasteiger partial charge is 0.480 e. The van der Waals surface area contributed by atoms with Crippen LogP contribution in [0.15, 0.2) is 6.20 Å². The van der Waals surface area contributed by atoms with E-state index in [0.717, 1.165) is 0 Å². The average molecular weight is 258 g/mol. The fraction of sp³-hybridized carbons (Fsp3) is 0.556. The fourth-order valence-corrected chi connectivity index (χ4v) is 1.37. The van der Waals surface area contributed by atoms with Gasteiger partial charge in [-0.05, 0) is 0 Å². The molecule has 0 aliphatic carbocycles. The number of carboxylic acids is 1. The van der Waals surface area contributed by atoms with Crippen molar-refractivity contribution < 1.29 is 19.6 Å². The molecule has 1 unspecified atom stereocenters. The minimum Gasteiger partial charge on any atom is -0.480 e. The summed E-state index contributed by atoms with van der Waals surface area (Å²) in [6, 6.07) is -0.987. The molecule has 18 heavy (non-hydrogen) atoms. The number of hydrogen-bond acceptors (Lipinski definition) is 6. The number of hydrogen-bond donors (Lipinski definition) is 2. The number of nitrogens with zero attached hydrogens (tertiary/aromatic N) is 3. The van der Waals surface area contributed by atoms with E-state index in [1.54, 1.807) is 0 Å². The molecule has 1 heterocycles. The van der Waals surface area contributed by atoms with E-state index in [1.165, 1.54) is 25.0 Å². The van der Waals surface area contributed by atoms with Gasteiger partial charge in [-0.2, -0.15) is 0 Å². The van der Waals surface area contributed by atoms with E-state index < -0.39 is 16.9 Å². The van der Waals surface area contributed by atoms with Gasteiger partial charge in [0.25, 0.3) is 0 Å². The Hall–Kier alpha value is -2.16. The molecule has 9 nitrogen and oxygen atoms in total. The number of anilines is 1. The summed E-state index contributed by atoms with van der Waals surface area (Å²) in [5, 5.41) is 26.1. The third-order valence-corrected chi connectivity index (χ3v) is 2.23. The predicted octanol–water partition coefficient (Wildman–Crippen LogP) is 0.230. The first-order chi connectivity index (χ1) is 8.45. The molecule has 2 N–H and O–H groups in total. The van der Waals surface area contributed by atoms with Crippen LogP contribution in [0.4, 0.5) is 11.5 Å². The second kappa shape index (κ2) is 5.96. The maximum absolute atomic E-state index is 11.0. The normalized spacial score (nSPS) is 12.1. The Kier molecular flexibility index (Phi) is 4.60. The summed E-state index contributed by atoms with van der Waals surface area (Å²) in [6.07, 6.45) is 1.39. The topological polar surface area (TPSA) is 120 Å². The number of methoxy groups -OCH3 is 1. The Morgan fingerprint density at radius 3 is 2.94 bits per heavy atom. The van der Waals surface area contributed by atoms with E-state index in [0.29, 0.717) is 0 Å². The van der Waals surface area contributed by atoms with Gasteiger partial charge in [-0.3, -0.25) is 14.8 Å². The number of rotatable bonds is 7. The van der Waals surface area contributed by atoms with Gasteiger partial charge in [0.2, 0.25) is 5.82 Å². The Labute approximate surface area is 103 Å². The average Bonchev–Trinajstić information content (AvgIpc) is 2.65. The minimum absolute atomic E-state index is 0.0639. The highest BCUT2D eigenvalue weighted by molar-refractivity contribution is 5.77. The van der Waals surface area contributed by atoms with Crippen molar-refractivity contribution in [2.45, 2.75) is 12.5 Å². The summed E-state index contributed by atoms with van der Waals surface area (Å²) in [5.41, 5.74) is -0.263. The molecule has 0 saturated carbocycles. The van der Waals surface area contributed by atoms with Crippen LogP contribution in [0.1, 0.15) is 6.42 Å². The summed E-state index contributed by atoms with van der Waals surface area (Å²) >= 11 is 0. The lowest BCUT2D eigenvalue weighted by Crippen LogP contribution is -2.31. The Morgan fingerprint density at radius 1 is 1.78 bits per heavy atom. The van der Waals surface area contributed by atoms with Crippen LogP contribution in [-0.2, 0) is 16.6 Å². The Bertz CT molecular complexity index is 444. The Morgan fingerprint density at radius 2 is 2.44 bits per heavy atom. The number of nitrogens with one attached hydrogen (secondary N) is 1. The van der Waals surface area contributed by atoms with Crippen molar-refractivity contribution in [3.05, 3.63) is 16.3 Å². The van der Waals surface area contributed by atoms with Crippen molar-refractivity contribution in [2.75, 3.05) is 19.0 Å². The molecule has 100 valence electrons. The van der Waals surface area contributed by atoms with Crippen molar-refractivity contribution in [2.24, 2.45) is 7.05 Å². The zero-order valence-electron chi connectivity index (χ0n) is 9.99. The van der Waals surface area contributed by atoms with E-state index in [9.17, 15) is 14.9 Å². The molecule has 9 heteroatoms. The molecule has 0 aliphatic heterocycles. The quantitative estimate of drug-likeness (QED) is 0.530. The maximum atomic E-state index is 11.0. The molecule has 0 amide bonds. The van der Waals surface area contributed by atoms with Crippen LogP contribution >= 0.6 is 0 Å². The Balaban J connectivity index is 2.86. The maximum Gasteiger partial charge on any atom is 0.330 e. The van der Waals surface area contributed by atoms with Gasteiger partial charge >= 0.3 is 11.7 Å². The first-order valence-electron chi connectivity index (χ1n) is 5.12. The molecular formula is C9H14N4O5. The number of aliphatic carboxylic acids is 1. The third kappa shape index (κ3) is 3.42. The van der Waals surface area contributed by atoms with Gasteiger partial charge in [0.05, 0.1) is 4.92 Å². The number of carbonyl (C=O) groups is 1. The van der Waals surface area contributed by atoms with Crippen LogP contribution in [-0.4, -0.2) is 45.5 Å². The zero-order chi connectivity index (χ0) is 13.7. The lowest BCUT2D eigenvalue weighted by atomic mass is 10.2. The molecule has 0 bridgehead atoms. The van der Waals surface area contributed by atoms with Crippen LogP contribution < -0.4 is 5.32 Å². The molecule has 1 aromatic rings. The van der Waals surface area contributed by atoms with Gasteiger partial charge in [-0.15, -0.1) is 5.10 Å². The van der Waals surface area contributed by atoms with Crippen LogP contribution in [0.25, 0.3) is 0 Å². The lowest BCUT2D eigenvalue weighted by Gasteiger charge is -2.12. The van der Waals surface area contributed by atoms with Crippen LogP contribution in [0, 0.1) is 10.1 Å². The number of aryl methyl sites for hydroxylation is 1. The van der Waals surface area contributed by atoms with Crippen molar-refractivity contribution in [3.63, 3.8) is 0 Å². The van der Waals surface area contributed by atoms with Crippen molar-refractivity contribution in [1.82, 2.24) is 9.78 Å². The summed E-state index contributed by atoms with van der Waals surface area (Å²) in [5.74, 6) is -1.18. The summed E-state index contributed by atoms with van der Waals surface area (Å²) in [7, 11) is 2.96. The summed E-state index contributed by atoms with van der Waals surface area (Å²) in [6.45, 7) is 0.227. The molecule has 0 saturated heterocycles. The van der Waals surface area contributed by atoms with E-state index >= 15 is 0 Å². The second-order valence-electron chi connectivity index (χ2n) is 3.61.